The summed E-state index contributed by atoms with van der Waals surface area (Å²) in [5, 5.41) is 4.01. The molecule has 1 aromatic heterocycles. The first-order valence-corrected chi connectivity index (χ1v) is 11.4. The number of rotatable bonds is 4. The predicted octanol–water partition coefficient (Wildman–Crippen LogP) is 3.77. The van der Waals surface area contributed by atoms with Gasteiger partial charge in [-0.25, -0.2) is 0 Å². The average Bonchev–Trinajstić information content (AvgIpc) is 3.25. The lowest BCUT2D eigenvalue weighted by Gasteiger charge is -2.32. The maximum atomic E-state index is 13.7. The van der Waals surface area contributed by atoms with Gasteiger partial charge in [0.15, 0.2) is 0 Å². The number of fused-ring (bicyclic) bond motifs is 1. The van der Waals surface area contributed by atoms with Gasteiger partial charge >= 0.3 is 0 Å². The van der Waals surface area contributed by atoms with Crippen LogP contribution in [0.2, 0.25) is 5.02 Å². The highest BCUT2D eigenvalue weighted by Gasteiger charge is 2.35. The third-order valence-corrected chi connectivity index (χ3v) is 6.61. The fourth-order valence-corrected chi connectivity index (χ4v) is 4.97. The van der Waals surface area contributed by atoms with E-state index in [4.69, 9.17) is 11.6 Å². The van der Waals surface area contributed by atoms with E-state index in [2.05, 4.69) is 33.4 Å². The smallest absolute Gasteiger partial charge is 0.264 e. The van der Waals surface area contributed by atoms with Gasteiger partial charge in [-0.1, -0.05) is 23.7 Å². The van der Waals surface area contributed by atoms with Crippen LogP contribution >= 0.6 is 11.6 Å². The van der Waals surface area contributed by atoms with Crippen molar-refractivity contribution in [2.45, 2.75) is 18.9 Å². The van der Waals surface area contributed by atoms with Gasteiger partial charge in [0.25, 0.3) is 11.5 Å². The Morgan fingerprint density at radius 1 is 1.03 bits per heavy atom. The highest BCUT2D eigenvalue weighted by Crippen LogP contribution is 2.43. The van der Waals surface area contributed by atoms with Gasteiger partial charge in [-0.15, -0.1) is 0 Å². The maximum absolute atomic E-state index is 13.7. The number of nitrogens with zero attached hydrogens (tertiary/aromatic N) is 2. The first-order chi connectivity index (χ1) is 15.6. The van der Waals surface area contributed by atoms with Crippen LogP contribution in [0.1, 0.15) is 33.9 Å². The van der Waals surface area contributed by atoms with E-state index >= 15 is 0 Å². The second-order valence-corrected chi connectivity index (χ2v) is 8.64. The first kappa shape index (κ1) is 20.8. The van der Waals surface area contributed by atoms with Crippen LogP contribution in [-0.4, -0.2) is 37.1 Å². The Morgan fingerprint density at radius 3 is 2.56 bits per heavy atom. The molecule has 0 radical (unpaired) electrons. The summed E-state index contributed by atoms with van der Waals surface area (Å²) in [7, 11) is 0. The summed E-state index contributed by atoms with van der Waals surface area (Å²) >= 11 is 6.12. The number of halogens is 1. The molecule has 6 nitrogen and oxygen atoms in total. The minimum Gasteiger partial charge on any atom is -0.369 e. The zero-order chi connectivity index (χ0) is 22.1. The molecule has 0 spiro atoms. The number of benzene rings is 2. The van der Waals surface area contributed by atoms with Crippen molar-refractivity contribution in [1.29, 1.82) is 0 Å². The highest BCUT2D eigenvalue weighted by molar-refractivity contribution is 6.30. The van der Waals surface area contributed by atoms with Crippen LogP contribution in [0.15, 0.2) is 65.6 Å². The number of aromatic amines is 1. The molecule has 2 aromatic carbocycles. The average molecular weight is 449 g/mol. The molecule has 5 rings (SSSR count). The number of carbonyl (C=O) groups excluding carboxylic acids is 1. The van der Waals surface area contributed by atoms with Crippen LogP contribution in [0, 0.1) is 0 Å². The van der Waals surface area contributed by atoms with E-state index in [1.807, 2.05) is 12.1 Å². The molecule has 0 bridgehead atoms. The normalized spacial score (nSPS) is 17.8. The highest BCUT2D eigenvalue weighted by atomic mass is 35.5. The lowest BCUT2D eigenvalue weighted by molar-refractivity contribution is 0.0974. The van der Waals surface area contributed by atoms with E-state index in [-0.39, 0.29) is 23.1 Å². The molecular weight excluding hydrogens is 424 g/mol. The minimum absolute atomic E-state index is 0.133. The van der Waals surface area contributed by atoms with E-state index in [1.165, 1.54) is 17.4 Å². The Bertz CT molecular complexity index is 1190. The summed E-state index contributed by atoms with van der Waals surface area (Å²) < 4.78 is 0. The van der Waals surface area contributed by atoms with Gasteiger partial charge < -0.3 is 20.1 Å². The van der Waals surface area contributed by atoms with Gasteiger partial charge in [-0.05, 0) is 66.4 Å². The molecule has 1 aliphatic carbocycles. The van der Waals surface area contributed by atoms with E-state index in [9.17, 15) is 9.59 Å². The van der Waals surface area contributed by atoms with Crippen molar-refractivity contribution in [2.24, 2.45) is 0 Å². The predicted molar refractivity (Wildman–Crippen MR) is 128 cm³/mol. The van der Waals surface area contributed by atoms with Crippen LogP contribution in [0.4, 0.5) is 11.4 Å². The van der Waals surface area contributed by atoms with Crippen molar-refractivity contribution in [1.82, 2.24) is 10.3 Å². The molecular formula is C25H25ClN4O2. The van der Waals surface area contributed by atoms with Crippen LogP contribution in [0.3, 0.4) is 0 Å². The number of amides is 1. The minimum atomic E-state index is -0.385. The Hall–Kier alpha value is -3.09. The molecule has 1 unspecified atom stereocenters. The van der Waals surface area contributed by atoms with Gasteiger partial charge in [-0.3, -0.25) is 9.59 Å². The monoisotopic (exact) mass is 448 g/mol. The fraction of sp³-hybridized carbons (Fsp3) is 0.280. The van der Waals surface area contributed by atoms with Crippen molar-refractivity contribution >= 4 is 28.9 Å². The number of aromatic nitrogens is 1. The van der Waals surface area contributed by atoms with Crippen molar-refractivity contribution in [2.75, 3.05) is 36.0 Å². The molecule has 3 aromatic rings. The van der Waals surface area contributed by atoms with Crippen molar-refractivity contribution in [3.63, 3.8) is 0 Å². The van der Waals surface area contributed by atoms with Crippen molar-refractivity contribution in [3.05, 3.63) is 92.9 Å². The lowest BCUT2D eigenvalue weighted by atomic mass is 10.0. The Balaban J connectivity index is 1.58. The molecule has 1 atom stereocenters. The van der Waals surface area contributed by atoms with Gasteiger partial charge in [-0.2, -0.15) is 0 Å². The number of hydrogen-bond acceptors (Lipinski definition) is 4. The van der Waals surface area contributed by atoms with Crippen molar-refractivity contribution < 1.29 is 4.79 Å². The maximum Gasteiger partial charge on any atom is 0.264 e. The third-order valence-electron chi connectivity index (χ3n) is 6.36. The van der Waals surface area contributed by atoms with Crippen LogP contribution < -0.4 is 20.7 Å². The number of anilines is 2. The molecule has 1 fully saturated rings. The van der Waals surface area contributed by atoms with Gasteiger partial charge in [0, 0.05) is 48.8 Å². The first-order valence-electron chi connectivity index (χ1n) is 11.0. The van der Waals surface area contributed by atoms with Gasteiger partial charge in [0.2, 0.25) is 0 Å². The summed E-state index contributed by atoms with van der Waals surface area (Å²) in [6.07, 6.45) is 3.23. The van der Waals surface area contributed by atoms with E-state index in [0.717, 1.165) is 50.3 Å². The van der Waals surface area contributed by atoms with Gasteiger partial charge in [0.1, 0.15) is 5.56 Å². The number of hydrogen-bond donors (Lipinski definition) is 2. The summed E-state index contributed by atoms with van der Waals surface area (Å²) in [6.45, 7) is 3.89. The molecule has 1 amide bonds. The summed E-state index contributed by atoms with van der Waals surface area (Å²) in [4.78, 5) is 32.9. The Kier molecular flexibility index (Phi) is 5.72. The molecule has 2 N–H and O–H groups in total. The fourth-order valence-electron chi connectivity index (χ4n) is 4.84. The second kappa shape index (κ2) is 8.81. The van der Waals surface area contributed by atoms with Crippen LogP contribution in [-0.2, 0) is 6.42 Å². The zero-order valence-electron chi connectivity index (χ0n) is 17.7. The summed E-state index contributed by atoms with van der Waals surface area (Å²) in [5.41, 5.74) is 4.18. The van der Waals surface area contributed by atoms with Crippen molar-refractivity contribution in [3.8, 4) is 0 Å². The standard InChI is InChI=1S/C25H25ClN4O2/c26-17-6-8-18(9-7-17)30(25(32)21-4-2-12-28-24(21)31)23-11-10-20-19(23)3-1-5-22(20)29-15-13-27-14-16-29/h1-9,12,23,27H,10-11,13-16H2,(H,28,31). The Labute approximate surface area is 191 Å². The molecule has 164 valence electrons. The Morgan fingerprint density at radius 2 is 1.81 bits per heavy atom. The van der Waals surface area contributed by atoms with Crippen LogP contribution in [0.25, 0.3) is 0 Å². The molecule has 7 heteroatoms. The largest absolute Gasteiger partial charge is 0.369 e. The summed E-state index contributed by atoms with van der Waals surface area (Å²) in [5.74, 6) is -0.306. The lowest BCUT2D eigenvalue weighted by Crippen LogP contribution is -2.43. The quantitative estimate of drug-likeness (QED) is 0.637. The van der Waals surface area contributed by atoms with Gasteiger partial charge in [0.05, 0.1) is 6.04 Å². The number of nitrogens with one attached hydrogen (secondary N) is 2. The SMILES string of the molecule is O=C(c1ccc[nH]c1=O)N(c1ccc(Cl)cc1)C1CCc2c1cccc2N1CCNCC1. The van der Waals surface area contributed by atoms with Crippen LogP contribution in [0.5, 0.6) is 0 Å². The molecule has 0 saturated carbocycles. The van der Waals surface area contributed by atoms with E-state index < -0.39 is 0 Å². The van der Waals surface area contributed by atoms with E-state index in [0.29, 0.717) is 5.02 Å². The molecule has 1 aliphatic heterocycles. The van der Waals surface area contributed by atoms with E-state index in [1.54, 1.807) is 29.2 Å². The summed E-state index contributed by atoms with van der Waals surface area (Å²) in [6, 6.07) is 16.7. The second-order valence-electron chi connectivity index (χ2n) is 8.20. The molecule has 32 heavy (non-hydrogen) atoms. The topological polar surface area (TPSA) is 68.4 Å². The number of H-pyrrole nitrogens is 1. The number of pyridine rings is 1. The number of carbonyl (C=O) groups is 1. The third kappa shape index (κ3) is 3.80. The zero-order valence-corrected chi connectivity index (χ0v) is 18.4. The molecule has 2 heterocycles. The number of piperazine rings is 1. The molecule has 1 saturated heterocycles. The molecule has 2 aliphatic rings.